The lowest BCUT2D eigenvalue weighted by Gasteiger charge is -2.20. The predicted octanol–water partition coefficient (Wildman–Crippen LogP) is 3.12. The van der Waals surface area contributed by atoms with E-state index in [0.717, 1.165) is 16.8 Å². The lowest BCUT2D eigenvalue weighted by Crippen LogP contribution is -2.24. The number of rotatable bonds is 5. The van der Waals surface area contributed by atoms with E-state index >= 15 is 0 Å². The van der Waals surface area contributed by atoms with Gasteiger partial charge in [-0.05, 0) is 29.8 Å². The topological polar surface area (TPSA) is 80.6 Å². The van der Waals surface area contributed by atoms with Crippen molar-refractivity contribution in [1.82, 2.24) is 5.01 Å². The average Bonchev–Trinajstić information content (AvgIpc) is 3.12. The predicted molar refractivity (Wildman–Crippen MR) is 101 cm³/mol. The normalized spacial score (nSPS) is 16.1. The fourth-order valence-corrected chi connectivity index (χ4v) is 3.21. The second-order valence-corrected chi connectivity index (χ2v) is 6.14. The van der Waals surface area contributed by atoms with E-state index in [0.29, 0.717) is 23.7 Å². The third-order valence-electron chi connectivity index (χ3n) is 4.49. The summed E-state index contributed by atoms with van der Waals surface area (Å²) >= 11 is 0. The molecule has 142 valence electrons. The summed E-state index contributed by atoms with van der Waals surface area (Å²) < 4.78 is 16.2. The van der Waals surface area contributed by atoms with Gasteiger partial charge in [-0.1, -0.05) is 12.1 Å². The molecule has 1 atom stereocenters. The highest BCUT2D eigenvalue weighted by Crippen LogP contribution is 2.41. The van der Waals surface area contributed by atoms with Crippen LogP contribution in [0.4, 0.5) is 0 Å². The second-order valence-electron chi connectivity index (χ2n) is 6.14. The molecule has 27 heavy (non-hydrogen) atoms. The summed E-state index contributed by atoms with van der Waals surface area (Å²) in [7, 11) is 4.65. The van der Waals surface area contributed by atoms with E-state index in [9.17, 15) is 9.90 Å². The van der Waals surface area contributed by atoms with Crippen LogP contribution in [-0.4, -0.2) is 43.1 Å². The minimum absolute atomic E-state index is 0.150. The van der Waals surface area contributed by atoms with Crippen LogP contribution in [-0.2, 0) is 4.79 Å². The lowest BCUT2D eigenvalue weighted by molar-refractivity contribution is -0.130. The van der Waals surface area contributed by atoms with Crippen molar-refractivity contribution >= 4 is 11.6 Å². The van der Waals surface area contributed by atoms with Gasteiger partial charge in [0.1, 0.15) is 5.75 Å². The van der Waals surface area contributed by atoms with Crippen LogP contribution in [0.2, 0.25) is 0 Å². The second kappa shape index (κ2) is 7.57. The summed E-state index contributed by atoms with van der Waals surface area (Å²) in [6.07, 6.45) is 0.502. The van der Waals surface area contributed by atoms with Crippen molar-refractivity contribution in [3.8, 4) is 23.0 Å². The molecule has 0 unspecified atom stereocenters. The highest BCUT2D eigenvalue weighted by molar-refractivity contribution is 6.04. The number of benzene rings is 2. The molecule has 0 saturated heterocycles. The highest BCUT2D eigenvalue weighted by atomic mass is 16.5. The Hall–Kier alpha value is -3.22. The number of aromatic hydroxyl groups is 1. The molecule has 1 N–H and O–H groups in total. The molecule has 0 saturated carbocycles. The number of ether oxygens (including phenoxy) is 3. The van der Waals surface area contributed by atoms with Gasteiger partial charge in [0.15, 0.2) is 11.5 Å². The average molecular weight is 370 g/mol. The first-order valence-corrected chi connectivity index (χ1v) is 8.45. The maximum atomic E-state index is 12.1. The first-order valence-electron chi connectivity index (χ1n) is 8.45. The summed E-state index contributed by atoms with van der Waals surface area (Å²) in [5.41, 5.74) is 2.31. The van der Waals surface area contributed by atoms with Crippen LogP contribution < -0.4 is 14.2 Å². The number of methoxy groups -OCH3 is 3. The molecule has 0 bridgehead atoms. The molecule has 1 heterocycles. The van der Waals surface area contributed by atoms with E-state index in [1.807, 2.05) is 18.2 Å². The zero-order valence-electron chi connectivity index (χ0n) is 15.7. The first-order chi connectivity index (χ1) is 13.0. The molecule has 1 aliphatic rings. The van der Waals surface area contributed by atoms with Crippen molar-refractivity contribution in [2.75, 3.05) is 21.3 Å². The van der Waals surface area contributed by atoms with Crippen LogP contribution in [0.1, 0.15) is 30.5 Å². The van der Waals surface area contributed by atoms with Crippen molar-refractivity contribution in [2.24, 2.45) is 5.10 Å². The summed E-state index contributed by atoms with van der Waals surface area (Å²) in [5, 5.41) is 15.7. The molecule has 0 radical (unpaired) electrons. The van der Waals surface area contributed by atoms with Crippen LogP contribution in [0.5, 0.6) is 23.0 Å². The van der Waals surface area contributed by atoms with E-state index in [1.54, 1.807) is 39.5 Å². The fourth-order valence-electron chi connectivity index (χ4n) is 3.21. The number of phenols is 1. The Bertz CT molecular complexity index is 869. The van der Waals surface area contributed by atoms with Crippen LogP contribution in [0.25, 0.3) is 0 Å². The Balaban J connectivity index is 2.02. The maximum Gasteiger partial charge on any atom is 0.240 e. The molecule has 7 heteroatoms. The number of amides is 1. The van der Waals surface area contributed by atoms with Crippen molar-refractivity contribution in [2.45, 2.75) is 19.4 Å². The summed E-state index contributed by atoms with van der Waals surface area (Å²) in [6.45, 7) is 1.47. The number of carbonyl (C=O) groups excluding carboxylic acids is 1. The van der Waals surface area contributed by atoms with E-state index in [1.165, 1.54) is 11.9 Å². The minimum atomic E-state index is -0.288. The van der Waals surface area contributed by atoms with E-state index < -0.39 is 0 Å². The maximum absolute atomic E-state index is 12.1. The van der Waals surface area contributed by atoms with Crippen molar-refractivity contribution in [1.29, 1.82) is 0 Å². The Kier molecular flexibility index (Phi) is 5.21. The molecule has 2 aromatic carbocycles. The molecule has 2 aromatic rings. The van der Waals surface area contributed by atoms with Crippen LogP contribution in [0, 0.1) is 0 Å². The Morgan fingerprint density at radius 1 is 1.11 bits per heavy atom. The SMILES string of the molecule is COc1cc(C2=NN(C(C)=O)[C@@H](c3cccc(O)c3)C2)cc(OC)c1OC. The summed E-state index contributed by atoms with van der Waals surface area (Å²) in [6, 6.07) is 10.2. The highest BCUT2D eigenvalue weighted by Gasteiger charge is 2.32. The van der Waals surface area contributed by atoms with Gasteiger partial charge in [0, 0.05) is 18.9 Å². The molecule has 0 aliphatic carbocycles. The molecule has 0 spiro atoms. The van der Waals surface area contributed by atoms with Gasteiger partial charge in [0.05, 0.1) is 33.1 Å². The fraction of sp³-hybridized carbons (Fsp3) is 0.300. The standard InChI is InChI=1S/C20H22N2O5/c1-12(23)22-17(13-6-5-7-15(24)8-13)11-16(21-22)14-9-18(25-2)20(27-4)19(10-14)26-3/h5-10,17,24H,11H2,1-4H3/t17-/m1/s1. The Morgan fingerprint density at radius 2 is 1.78 bits per heavy atom. The third-order valence-corrected chi connectivity index (χ3v) is 4.49. The minimum Gasteiger partial charge on any atom is -0.508 e. The molecule has 3 rings (SSSR count). The molecule has 0 fully saturated rings. The molecule has 1 amide bonds. The van der Waals surface area contributed by atoms with Crippen LogP contribution >= 0.6 is 0 Å². The quantitative estimate of drug-likeness (QED) is 0.875. The van der Waals surface area contributed by atoms with Crippen LogP contribution in [0.15, 0.2) is 41.5 Å². The first kappa shape index (κ1) is 18.6. The van der Waals surface area contributed by atoms with Gasteiger partial charge in [0.2, 0.25) is 11.7 Å². The van der Waals surface area contributed by atoms with Gasteiger partial charge < -0.3 is 19.3 Å². The molecule has 7 nitrogen and oxygen atoms in total. The largest absolute Gasteiger partial charge is 0.508 e. The van der Waals surface area contributed by atoms with E-state index in [2.05, 4.69) is 5.10 Å². The van der Waals surface area contributed by atoms with Crippen molar-refractivity contribution < 1.29 is 24.1 Å². The van der Waals surface area contributed by atoms with Gasteiger partial charge in [-0.25, -0.2) is 5.01 Å². The van der Waals surface area contributed by atoms with Gasteiger partial charge in [-0.15, -0.1) is 0 Å². The molecular weight excluding hydrogens is 348 g/mol. The van der Waals surface area contributed by atoms with Gasteiger partial charge >= 0.3 is 0 Å². The van der Waals surface area contributed by atoms with E-state index in [-0.39, 0.29) is 17.7 Å². The monoisotopic (exact) mass is 370 g/mol. The number of carbonyl (C=O) groups is 1. The summed E-state index contributed by atoms with van der Waals surface area (Å²) in [5.74, 6) is 1.51. The van der Waals surface area contributed by atoms with Gasteiger partial charge in [0.25, 0.3) is 0 Å². The van der Waals surface area contributed by atoms with Crippen LogP contribution in [0.3, 0.4) is 0 Å². The van der Waals surface area contributed by atoms with E-state index in [4.69, 9.17) is 14.2 Å². The van der Waals surface area contributed by atoms with Gasteiger partial charge in [-0.2, -0.15) is 5.10 Å². The zero-order chi connectivity index (χ0) is 19.6. The zero-order valence-corrected chi connectivity index (χ0v) is 15.7. The van der Waals surface area contributed by atoms with Crippen molar-refractivity contribution in [3.63, 3.8) is 0 Å². The smallest absolute Gasteiger partial charge is 0.240 e. The number of phenolic OH excluding ortho intramolecular Hbond substituents is 1. The number of hydrazone groups is 1. The number of hydrogen-bond donors (Lipinski definition) is 1. The Labute approximate surface area is 157 Å². The third kappa shape index (κ3) is 3.53. The number of nitrogens with zero attached hydrogens (tertiary/aromatic N) is 2. The molecule has 0 aromatic heterocycles. The molecular formula is C20H22N2O5. The summed E-state index contributed by atoms with van der Waals surface area (Å²) in [4.78, 5) is 12.1. The number of hydrogen-bond acceptors (Lipinski definition) is 6. The van der Waals surface area contributed by atoms with Gasteiger partial charge in [-0.3, -0.25) is 4.79 Å². The van der Waals surface area contributed by atoms with Crippen molar-refractivity contribution in [3.05, 3.63) is 47.5 Å². The molecule has 1 aliphatic heterocycles. The lowest BCUT2D eigenvalue weighted by atomic mass is 9.97. The Morgan fingerprint density at radius 3 is 2.30 bits per heavy atom.